The molecule has 0 spiro atoms. The third kappa shape index (κ3) is 6.29. The Labute approximate surface area is 297 Å². The number of aliphatic hydroxyl groups is 1. The fraction of sp³-hybridized carbons (Fsp3) is 0.333. The summed E-state index contributed by atoms with van der Waals surface area (Å²) < 4.78 is 30.0. The Morgan fingerprint density at radius 1 is 0.824 bits per heavy atom. The van der Waals surface area contributed by atoms with Crippen LogP contribution in [0.15, 0.2) is 97.4 Å². The van der Waals surface area contributed by atoms with Gasteiger partial charge >= 0.3 is 0 Å². The molecule has 1 N–H and O–H groups in total. The fourth-order valence-electron chi connectivity index (χ4n) is 8.47. The second-order valence-electron chi connectivity index (χ2n) is 14.3. The van der Waals surface area contributed by atoms with Gasteiger partial charge in [0.15, 0.2) is 0 Å². The minimum Gasteiger partial charge on any atom is -0.392 e. The summed E-state index contributed by atoms with van der Waals surface area (Å²) in [6.45, 7) is 11.5. The third-order valence-electron chi connectivity index (χ3n) is 11.6. The van der Waals surface area contributed by atoms with Crippen LogP contribution in [-0.4, -0.2) is 43.8 Å². The molecular weight excluding hydrogens is 646 g/mol. The highest BCUT2D eigenvalue weighted by atomic mass is 19.1. The van der Waals surface area contributed by atoms with E-state index in [2.05, 4.69) is 49.4 Å². The zero-order valence-corrected chi connectivity index (χ0v) is 29.2. The highest BCUT2D eigenvalue weighted by molar-refractivity contribution is 5.71. The van der Waals surface area contributed by atoms with E-state index < -0.39 is 0 Å². The summed E-state index contributed by atoms with van der Waals surface area (Å²) in [6.07, 6.45) is 19.7. The predicted molar refractivity (Wildman–Crippen MR) is 195 cm³/mol. The minimum atomic E-state index is -0.379. The zero-order chi connectivity index (χ0) is 36.4. The van der Waals surface area contributed by atoms with Gasteiger partial charge in [0.1, 0.15) is 24.2 Å². The van der Waals surface area contributed by atoms with Crippen molar-refractivity contribution in [1.82, 2.24) is 19.6 Å². The molecule has 4 aromatic rings. The van der Waals surface area contributed by atoms with Crippen molar-refractivity contribution in [2.45, 2.75) is 58.8 Å². The Balaban J connectivity index is 0.000000160. The first-order chi connectivity index (χ1) is 24.6. The average molecular weight is 691 g/mol. The SMILES string of the molecule is C=CCO.C=CC[C@]1(C=O)CCC2=Cc3c(cnn3-c3ccc(F)cc3)C[C@@]21C.C[C@]12Cc3cnn(-c4ccc(F)cc4)c3C=C1CC[C@@H]2C=O. The number of halogens is 2. The number of carbonyl (C=O) groups excluding carboxylic acids is 2. The van der Waals surface area contributed by atoms with E-state index in [9.17, 15) is 18.4 Å². The smallest absolute Gasteiger partial charge is 0.127 e. The van der Waals surface area contributed by atoms with Gasteiger partial charge in [-0.05, 0) is 117 Å². The highest BCUT2D eigenvalue weighted by Crippen LogP contribution is 2.61. The molecule has 0 amide bonds. The molecule has 264 valence electrons. The van der Waals surface area contributed by atoms with E-state index in [1.807, 2.05) is 27.8 Å². The maximum absolute atomic E-state index is 13.2. The highest BCUT2D eigenvalue weighted by Gasteiger charge is 2.55. The first-order valence-corrected chi connectivity index (χ1v) is 17.4. The van der Waals surface area contributed by atoms with Crippen molar-refractivity contribution >= 4 is 24.7 Å². The van der Waals surface area contributed by atoms with E-state index in [1.54, 1.807) is 24.3 Å². The van der Waals surface area contributed by atoms with Gasteiger partial charge in [0, 0.05) is 22.2 Å². The third-order valence-corrected chi connectivity index (χ3v) is 11.6. The monoisotopic (exact) mass is 690 g/mol. The molecule has 4 aliphatic carbocycles. The lowest BCUT2D eigenvalue weighted by molar-refractivity contribution is -0.120. The lowest BCUT2D eigenvalue weighted by atomic mass is 9.60. The van der Waals surface area contributed by atoms with Crippen molar-refractivity contribution in [3.63, 3.8) is 0 Å². The summed E-state index contributed by atoms with van der Waals surface area (Å²) >= 11 is 0. The van der Waals surface area contributed by atoms with Gasteiger partial charge in [-0.25, -0.2) is 18.1 Å². The van der Waals surface area contributed by atoms with Crippen LogP contribution in [0.25, 0.3) is 23.5 Å². The molecule has 4 aliphatic rings. The largest absolute Gasteiger partial charge is 0.392 e. The number of hydrogen-bond donors (Lipinski definition) is 1. The lowest BCUT2D eigenvalue weighted by Gasteiger charge is -2.42. The second-order valence-corrected chi connectivity index (χ2v) is 14.3. The molecule has 2 fully saturated rings. The Kier molecular flexibility index (Phi) is 10.0. The maximum Gasteiger partial charge on any atom is 0.127 e. The normalized spacial score (nSPS) is 25.2. The molecule has 2 aromatic heterocycles. The summed E-state index contributed by atoms with van der Waals surface area (Å²) in [5, 5.41) is 16.7. The van der Waals surface area contributed by atoms with Crippen LogP contribution in [0.1, 0.15) is 68.5 Å². The van der Waals surface area contributed by atoms with Crippen LogP contribution < -0.4 is 0 Å². The number of benzene rings is 2. The number of aromatic nitrogens is 4. The fourth-order valence-corrected chi connectivity index (χ4v) is 8.47. The number of aldehydes is 2. The van der Waals surface area contributed by atoms with Gasteiger partial charge in [0.25, 0.3) is 0 Å². The predicted octanol–water partition coefficient (Wildman–Crippen LogP) is 8.24. The van der Waals surface area contributed by atoms with Crippen molar-refractivity contribution in [1.29, 1.82) is 0 Å². The van der Waals surface area contributed by atoms with E-state index in [0.717, 1.165) is 85.0 Å². The molecule has 2 aromatic carbocycles. The zero-order valence-electron chi connectivity index (χ0n) is 29.2. The molecule has 51 heavy (non-hydrogen) atoms. The van der Waals surface area contributed by atoms with Crippen LogP contribution in [0.4, 0.5) is 8.78 Å². The van der Waals surface area contributed by atoms with Gasteiger partial charge in [-0.15, -0.1) is 13.2 Å². The molecule has 0 aliphatic heterocycles. The Bertz CT molecular complexity index is 2010. The average Bonchev–Trinajstić information content (AvgIpc) is 3.89. The van der Waals surface area contributed by atoms with Crippen molar-refractivity contribution < 1.29 is 23.5 Å². The van der Waals surface area contributed by atoms with Crippen LogP contribution in [0, 0.1) is 33.8 Å². The molecule has 2 heterocycles. The number of aliphatic hydroxyl groups excluding tert-OH is 1. The molecule has 0 saturated heterocycles. The molecule has 0 radical (unpaired) electrons. The van der Waals surface area contributed by atoms with Gasteiger partial charge in [0.05, 0.1) is 41.8 Å². The number of rotatable bonds is 7. The molecular formula is C42H44F2N4O3. The van der Waals surface area contributed by atoms with Crippen molar-refractivity contribution in [2.75, 3.05) is 6.61 Å². The van der Waals surface area contributed by atoms with Gasteiger partial charge in [-0.1, -0.05) is 37.1 Å². The van der Waals surface area contributed by atoms with Crippen molar-refractivity contribution in [3.8, 4) is 11.4 Å². The topological polar surface area (TPSA) is 90.0 Å². The number of carbonyl (C=O) groups is 2. The summed E-state index contributed by atoms with van der Waals surface area (Å²) in [6, 6.07) is 12.7. The molecule has 0 unspecified atom stereocenters. The van der Waals surface area contributed by atoms with E-state index >= 15 is 0 Å². The summed E-state index contributed by atoms with van der Waals surface area (Å²) in [4.78, 5) is 23.4. The molecule has 0 bridgehead atoms. The van der Waals surface area contributed by atoms with Crippen LogP contribution in [0.3, 0.4) is 0 Å². The summed E-state index contributed by atoms with van der Waals surface area (Å²) in [5.41, 5.74) is 8.09. The molecule has 2 saturated carbocycles. The van der Waals surface area contributed by atoms with Crippen LogP contribution in [0.5, 0.6) is 0 Å². The van der Waals surface area contributed by atoms with E-state index in [-0.39, 0.29) is 40.4 Å². The van der Waals surface area contributed by atoms with Crippen molar-refractivity contribution in [2.24, 2.45) is 22.2 Å². The van der Waals surface area contributed by atoms with Gasteiger partial charge in [-0.3, -0.25) is 0 Å². The standard InChI is InChI=1S/C21H21FN2O.C18H17FN2O.C3H6O/c1-3-9-21(14-25)10-8-16-11-19-15(12-20(16,21)2)13-23-24(19)18-6-4-17(22)5-7-18;1-18-9-12-10-20-21(16-6-4-15(19)5-7-16)17(12)8-13(18)2-3-14(18)11-22;1-2-3-4/h3-7,11,13-14H,1,8-10,12H2,2H3;4-8,10-11,14H,2-3,9H2,1H3;2,4H,1,3H2/t20-,21+;14-,18+;/m01./s1. The summed E-state index contributed by atoms with van der Waals surface area (Å²) in [5.74, 6) is -0.409. The van der Waals surface area contributed by atoms with Crippen LogP contribution in [0.2, 0.25) is 0 Å². The number of allylic oxidation sites excluding steroid dienone is 3. The second kappa shape index (κ2) is 14.3. The lowest BCUT2D eigenvalue weighted by Crippen LogP contribution is -2.40. The first kappa shape index (κ1) is 35.8. The van der Waals surface area contributed by atoms with Crippen LogP contribution >= 0.6 is 0 Å². The maximum atomic E-state index is 13.2. The number of hydrogen-bond acceptors (Lipinski definition) is 5. The van der Waals surface area contributed by atoms with Gasteiger partial charge in [0.2, 0.25) is 0 Å². The quantitative estimate of drug-likeness (QED) is 0.156. The van der Waals surface area contributed by atoms with Crippen LogP contribution in [-0.2, 0) is 22.4 Å². The number of nitrogens with zero attached hydrogens (tertiary/aromatic N) is 4. The first-order valence-electron chi connectivity index (χ1n) is 17.4. The van der Waals surface area contributed by atoms with E-state index in [4.69, 9.17) is 5.11 Å². The molecule has 8 rings (SSSR count). The number of fused-ring (bicyclic) bond motifs is 4. The molecule has 7 nitrogen and oxygen atoms in total. The molecule has 9 heteroatoms. The Morgan fingerprint density at radius 3 is 1.84 bits per heavy atom. The van der Waals surface area contributed by atoms with E-state index in [0.29, 0.717) is 6.42 Å². The van der Waals surface area contributed by atoms with Crippen molar-refractivity contribution in [3.05, 3.63) is 132 Å². The Morgan fingerprint density at radius 2 is 1.35 bits per heavy atom. The van der Waals surface area contributed by atoms with E-state index in [1.165, 1.54) is 41.5 Å². The minimum absolute atomic E-state index is 0.0641. The molecule has 4 atom stereocenters. The van der Waals surface area contributed by atoms with Gasteiger partial charge < -0.3 is 14.7 Å². The Hall–Kier alpha value is -5.02. The van der Waals surface area contributed by atoms with Gasteiger partial charge in [-0.2, -0.15) is 10.2 Å². The summed E-state index contributed by atoms with van der Waals surface area (Å²) in [7, 11) is 0.